The number of halogens is 1. The molecule has 146 valence electrons. The number of para-hydroxylation sites is 2. The molecule has 0 N–H and O–H groups in total. The molecule has 2 heterocycles. The van der Waals surface area contributed by atoms with Crippen molar-refractivity contribution in [2.75, 3.05) is 17.3 Å². The van der Waals surface area contributed by atoms with Gasteiger partial charge in [0.2, 0.25) is 0 Å². The maximum Gasteiger partial charge on any atom is 0.283 e. The highest BCUT2D eigenvalue weighted by atomic mass is 79.9. The minimum absolute atomic E-state index is 0.118. The first-order valence-corrected chi connectivity index (χ1v) is 11.6. The zero-order valence-electron chi connectivity index (χ0n) is 15.3. The Hall–Kier alpha value is -2.35. The molecule has 3 aromatic rings. The summed E-state index contributed by atoms with van der Waals surface area (Å²) in [7, 11) is 0. The summed E-state index contributed by atoms with van der Waals surface area (Å²) in [5, 5.41) is 2.65. The Morgan fingerprint density at radius 1 is 1.10 bits per heavy atom. The van der Waals surface area contributed by atoms with Crippen LogP contribution in [0.1, 0.15) is 4.88 Å². The predicted molar refractivity (Wildman–Crippen MR) is 126 cm³/mol. The summed E-state index contributed by atoms with van der Waals surface area (Å²) in [4.78, 5) is 20.4. The van der Waals surface area contributed by atoms with Gasteiger partial charge in [0.1, 0.15) is 11.4 Å². The maximum atomic E-state index is 13.1. The van der Waals surface area contributed by atoms with Gasteiger partial charge < -0.3 is 4.74 Å². The van der Waals surface area contributed by atoms with Crippen molar-refractivity contribution in [3.8, 4) is 5.75 Å². The lowest BCUT2D eigenvalue weighted by Crippen LogP contribution is -2.30. The molecular weight excluding hydrogens is 468 g/mol. The molecule has 1 aliphatic rings. The average molecular weight is 485 g/mol. The number of nitrogens with zero attached hydrogens (tertiary/aromatic N) is 2. The highest BCUT2D eigenvalue weighted by Gasteiger charge is 2.31. The van der Waals surface area contributed by atoms with E-state index >= 15 is 0 Å². The summed E-state index contributed by atoms with van der Waals surface area (Å²) >= 11 is 6.53. The summed E-state index contributed by atoms with van der Waals surface area (Å²) in [5.74, 6) is 1.40. The fourth-order valence-corrected chi connectivity index (χ4v) is 4.95. The monoisotopic (exact) mass is 484 g/mol. The molecule has 1 aromatic heterocycles. The van der Waals surface area contributed by atoms with Gasteiger partial charge in [0, 0.05) is 20.5 Å². The molecular formula is C22H17BrN2O2S2. The molecule has 0 atom stereocenters. The van der Waals surface area contributed by atoms with E-state index in [2.05, 4.69) is 20.9 Å². The van der Waals surface area contributed by atoms with Crippen LogP contribution < -0.4 is 9.64 Å². The van der Waals surface area contributed by atoms with E-state index in [9.17, 15) is 4.79 Å². The topological polar surface area (TPSA) is 41.9 Å². The van der Waals surface area contributed by atoms with Crippen LogP contribution in [0.3, 0.4) is 0 Å². The third-order valence-corrected chi connectivity index (χ3v) is 6.58. The van der Waals surface area contributed by atoms with Gasteiger partial charge in [-0.1, -0.05) is 48.2 Å². The van der Waals surface area contributed by atoms with Crippen LogP contribution in [0.5, 0.6) is 5.75 Å². The van der Waals surface area contributed by atoms with Gasteiger partial charge in [-0.3, -0.25) is 9.69 Å². The molecule has 1 amide bonds. The van der Waals surface area contributed by atoms with Crippen molar-refractivity contribution in [3.63, 3.8) is 0 Å². The summed E-state index contributed by atoms with van der Waals surface area (Å²) < 4.78 is 6.76. The fourth-order valence-electron chi connectivity index (χ4n) is 2.75. The van der Waals surface area contributed by atoms with Gasteiger partial charge in [-0.25, -0.2) is 4.99 Å². The first-order chi connectivity index (χ1) is 14.2. The first kappa shape index (κ1) is 19.9. The van der Waals surface area contributed by atoms with E-state index in [1.807, 2.05) is 78.2 Å². The van der Waals surface area contributed by atoms with Crippen molar-refractivity contribution >= 4 is 61.9 Å². The molecule has 29 heavy (non-hydrogen) atoms. The molecule has 0 radical (unpaired) electrons. The number of carbonyl (C=O) groups is 1. The van der Waals surface area contributed by atoms with Crippen molar-refractivity contribution in [2.24, 2.45) is 4.99 Å². The van der Waals surface area contributed by atoms with Crippen molar-refractivity contribution in [3.05, 3.63) is 87.2 Å². The van der Waals surface area contributed by atoms with E-state index in [1.165, 1.54) is 11.8 Å². The number of hydrogen-bond donors (Lipinski definition) is 0. The van der Waals surface area contributed by atoms with Crippen LogP contribution in [-0.4, -0.2) is 23.4 Å². The van der Waals surface area contributed by atoms with Crippen molar-refractivity contribution < 1.29 is 9.53 Å². The zero-order valence-corrected chi connectivity index (χ0v) is 18.5. The minimum Gasteiger partial charge on any atom is -0.493 e. The Morgan fingerprint density at radius 2 is 1.83 bits per heavy atom. The van der Waals surface area contributed by atoms with Crippen LogP contribution in [0.15, 0.2) is 87.3 Å². The average Bonchev–Trinajstić information content (AvgIpc) is 3.29. The number of rotatable bonds is 6. The van der Waals surface area contributed by atoms with Crippen LogP contribution in [0, 0.1) is 0 Å². The lowest BCUT2D eigenvalue weighted by Gasteiger charge is -2.17. The Balaban J connectivity index is 1.51. The second-order valence-corrected chi connectivity index (χ2v) is 9.00. The number of thioether (sulfide) groups is 1. The Labute approximate surface area is 186 Å². The van der Waals surface area contributed by atoms with Gasteiger partial charge in [0.05, 0.1) is 12.3 Å². The Kier molecular flexibility index (Phi) is 6.49. The smallest absolute Gasteiger partial charge is 0.283 e. The third-order valence-electron chi connectivity index (χ3n) is 4.04. The minimum atomic E-state index is -0.118. The lowest BCUT2D eigenvalue weighted by molar-refractivity contribution is -0.113. The van der Waals surface area contributed by atoms with E-state index in [1.54, 1.807) is 16.2 Å². The molecule has 1 aliphatic heterocycles. The van der Waals surface area contributed by atoms with Crippen molar-refractivity contribution in [1.82, 2.24) is 0 Å². The van der Waals surface area contributed by atoms with Crippen molar-refractivity contribution in [1.29, 1.82) is 0 Å². The molecule has 4 rings (SSSR count). The standard InChI is InChI=1S/C22H17BrN2O2S2/c23-16-13-19(29-15-16)14-20-21(26)25(17-7-3-1-4-8-17)22(24-20)28-12-11-27-18-9-5-2-6-10-18/h1-10,13-15H,11-12H2. The summed E-state index contributed by atoms with van der Waals surface area (Å²) in [6, 6.07) is 21.3. The van der Waals surface area contributed by atoms with E-state index in [0.29, 0.717) is 23.2 Å². The zero-order chi connectivity index (χ0) is 20.1. The number of amides is 1. The van der Waals surface area contributed by atoms with E-state index < -0.39 is 0 Å². The Morgan fingerprint density at radius 3 is 2.52 bits per heavy atom. The summed E-state index contributed by atoms with van der Waals surface area (Å²) in [6.45, 7) is 0.529. The number of carbonyl (C=O) groups excluding carboxylic acids is 1. The number of benzene rings is 2. The molecule has 0 bridgehead atoms. The SMILES string of the molecule is O=C1C(=Cc2cc(Br)cs2)N=C(SCCOc2ccccc2)N1c1ccccc1. The van der Waals surface area contributed by atoms with Crippen LogP contribution >= 0.6 is 39.0 Å². The number of ether oxygens (including phenoxy) is 1. The largest absolute Gasteiger partial charge is 0.493 e. The summed E-state index contributed by atoms with van der Waals surface area (Å²) in [5.41, 5.74) is 1.25. The van der Waals surface area contributed by atoms with Crippen LogP contribution in [0.25, 0.3) is 6.08 Å². The molecule has 0 unspecified atom stereocenters. The highest BCUT2D eigenvalue weighted by molar-refractivity contribution is 9.10. The van der Waals surface area contributed by atoms with Gasteiger partial charge >= 0.3 is 0 Å². The second-order valence-electron chi connectivity index (χ2n) is 6.08. The molecule has 7 heteroatoms. The second kappa shape index (κ2) is 9.43. The molecule has 0 saturated heterocycles. The van der Waals surface area contributed by atoms with E-state index in [0.717, 1.165) is 20.8 Å². The van der Waals surface area contributed by atoms with Gasteiger partial charge in [0.15, 0.2) is 5.17 Å². The molecule has 0 spiro atoms. The van der Waals surface area contributed by atoms with E-state index in [4.69, 9.17) is 4.74 Å². The predicted octanol–water partition coefficient (Wildman–Crippen LogP) is 6.07. The Bertz CT molecular complexity index is 1050. The highest BCUT2D eigenvalue weighted by Crippen LogP contribution is 2.30. The van der Waals surface area contributed by atoms with Gasteiger partial charge in [-0.2, -0.15) is 0 Å². The molecule has 0 aliphatic carbocycles. The maximum absolute atomic E-state index is 13.1. The summed E-state index contributed by atoms with van der Waals surface area (Å²) in [6.07, 6.45) is 1.84. The number of aliphatic imine (C=N–C) groups is 1. The molecule has 2 aromatic carbocycles. The van der Waals surface area contributed by atoms with Gasteiger partial charge in [0.25, 0.3) is 5.91 Å². The van der Waals surface area contributed by atoms with Gasteiger partial charge in [-0.15, -0.1) is 11.3 Å². The number of anilines is 1. The van der Waals surface area contributed by atoms with Crippen molar-refractivity contribution in [2.45, 2.75) is 0 Å². The fraction of sp³-hybridized carbons (Fsp3) is 0.0909. The quantitative estimate of drug-likeness (QED) is 0.315. The number of amidine groups is 1. The first-order valence-electron chi connectivity index (χ1n) is 8.95. The lowest BCUT2D eigenvalue weighted by atomic mass is 10.3. The third kappa shape index (κ3) is 4.98. The molecule has 0 fully saturated rings. The van der Waals surface area contributed by atoms with Crippen LogP contribution in [0.2, 0.25) is 0 Å². The molecule has 4 nitrogen and oxygen atoms in total. The van der Waals surface area contributed by atoms with Crippen LogP contribution in [0.4, 0.5) is 5.69 Å². The normalized spacial score (nSPS) is 15.1. The van der Waals surface area contributed by atoms with E-state index in [-0.39, 0.29) is 5.91 Å². The van der Waals surface area contributed by atoms with Gasteiger partial charge in [-0.05, 0) is 52.3 Å². The number of thiophene rings is 1. The number of hydrogen-bond acceptors (Lipinski definition) is 5. The molecule has 0 saturated carbocycles. The van der Waals surface area contributed by atoms with Crippen LogP contribution in [-0.2, 0) is 4.79 Å².